The largest absolute Gasteiger partial charge is 0.493 e. The number of aryl methyl sites for hydroxylation is 3. The molecule has 9 heteroatoms. The van der Waals surface area contributed by atoms with Crippen molar-refractivity contribution in [1.82, 2.24) is 5.16 Å². The first-order chi connectivity index (χ1) is 16.3. The van der Waals surface area contributed by atoms with E-state index < -0.39 is 5.91 Å². The van der Waals surface area contributed by atoms with Crippen molar-refractivity contribution in [1.29, 1.82) is 5.26 Å². The van der Waals surface area contributed by atoms with Gasteiger partial charge in [0.05, 0.1) is 11.6 Å². The quantitative estimate of drug-likeness (QED) is 0.227. The number of carbonyl (C=O) groups is 1. The molecule has 0 saturated carbocycles. The van der Waals surface area contributed by atoms with Gasteiger partial charge in [0.2, 0.25) is 0 Å². The molecule has 1 aromatic heterocycles. The third kappa shape index (κ3) is 6.39. The maximum atomic E-state index is 12.4. The molecule has 0 aliphatic carbocycles. The Morgan fingerprint density at radius 3 is 2.56 bits per heavy atom. The average molecular weight is 526 g/mol. The van der Waals surface area contributed by atoms with E-state index in [1.54, 1.807) is 25.1 Å². The highest BCUT2D eigenvalue weighted by Gasteiger charge is 2.15. The van der Waals surface area contributed by atoms with Crippen LogP contribution < -0.4 is 19.5 Å². The number of rotatable bonds is 9. The number of nitriles is 1. The summed E-state index contributed by atoms with van der Waals surface area (Å²) >= 11 is 3.48. The number of hydrogen-bond donors (Lipinski definition) is 1. The highest BCUT2D eigenvalue weighted by atomic mass is 79.9. The Balaban J connectivity index is 1.69. The number of benzene rings is 2. The third-order valence-corrected chi connectivity index (χ3v) is 5.30. The molecule has 0 spiro atoms. The molecule has 2 aromatic carbocycles. The fourth-order valence-corrected chi connectivity index (χ4v) is 3.72. The van der Waals surface area contributed by atoms with Crippen LogP contribution in [0.25, 0.3) is 6.08 Å². The van der Waals surface area contributed by atoms with Gasteiger partial charge in [-0.3, -0.25) is 4.79 Å². The maximum absolute atomic E-state index is 12.4. The van der Waals surface area contributed by atoms with Gasteiger partial charge in [0.25, 0.3) is 5.91 Å². The molecule has 0 bridgehead atoms. The van der Waals surface area contributed by atoms with Crippen LogP contribution >= 0.6 is 15.9 Å². The lowest BCUT2D eigenvalue weighted by molar-refractivity contribution is -0.112. The third-order valence-electron chi connectivity index (χ3n) is 4.72. The van der Waals surface area contributed by atoms with Gasteiger partial charge in [-0.15, -0.1) is 0 Å². The zero-order chi connectivity index (χ0) is 24.7. The number of hydrogen-bond acceptors (Lipinski definition) is 7. The van der Waals surface area contributed by atoms with Crippen LogP contribution in [0.2, 0.25) is 0 Å². The van der Waals surface area contributed by atoms with Crippen molar-refractivity contribution in [2.45, 2.75) is 20.8 Å². The molecule has 1 amide bonds. The summed E-state index contributed by atoms with van der Waals surface area (Å²) in [6.45, 7) is 6.37. The van der Waals surface area contributed by atoms with Crippen LogP contribution in [0.15, 0.2) is 51.0 Å². The number of ether oxygens (including phenoxy) is 3. The Hall–Kier alpha value is -3.77. The SMILES string of the molecule is COc1cc(C=C(C#N)C(=O)Nc2cc(C)on2)cc(Br)c1OCCOc1ccc(C)cc1C. The molecule has 34 heavy (non-hydrogen) atoms. The van der Waals surface area contributed by atoms with Crippen molar-refractivity contribution in [2.75, 3.05) is 25.6 Å². The number of halogens is 1. The molecule has 8 nitrogen and oxygen atoms in total. The fourth-order valence-electron chi connectivity index (χ4n) is 3.14. The van der Waals surface area contributed by atoms with Crippen molar-refractivity contribution in [3.8, 4) is 23.3 Å². The lowest BCUT2D eigenvalue weighted by Gasteiger charge is -2.15. The zero-order valence-electron chi connectivity index (χ0n) is 19.3. The summed E-state index contributed by atoms with van der Waals surface area (Å²) in [4.78, 5) is 12.4. The highest BCUT2D eigenvalue weighted by Crippen LogP contribution is 2.37. The van der Waals surface area contributed by atoms with E-state index in [0.717, 1.165) is 11.3 Å². The molecule has 0 unspecified atom stereocenters. The van der Waals surface area contributed by atoms with Gasteiger partial charge in [-0.2, -0.15) is 5.26 Å². The molecular formula is C25H24BrN3O5. The number of nitrogens with one attached hydrogen (secondary N) is 1. The molecule has 0 atom stereocenters. The zero-order valence-corrected chi connectivity index (χ0v) is 20.9. The minimum absolute atomic E-state index is 0.106. The molecule has 0 radical (unpaired) electrons. The fraction of sp³-hybridized carbons (Fsp3) is 0.240. The first-order valence-electron chi connectivity index (χ1n) is 10.4. The number of methoxy groups -OCH3 is 1. The molecule has 3 rings (SSSR count). The van der Waals surface area contributed by atoms with Crippen molar-refractivity contribution >= 4 is 33.7 Å². The second-order valence-electron chi connectivity index (χ2n) is 7.45. The lowest BCUT2D eigenvalue weighted by Crippen LogP contribution is -2.13. The Labute approximate surface area is 206 Å². The molecule has 176 valence electrons. The molecule has 1 heterocycles. The first kappa shape index (κ1) is 24.9. The van der Waals surface area contributed by atoms with Crippen molar-refractivity contribution in [3.63, 3.8) is 0 Å². The molecule has 0 aliphatic heterocycles. The smallest absolute Gasteiger partial charge is 0.267 e. The predicted octanol–water partition coefficient (Wildman–Crippen LogP) is 5.37. The summed E-state index contributed by atoms with van der Waals surface area (Å²) in [7, 11) is 1.51. The second kappa shape index (κ2) is 11.4. The van der Waals surface area contributed by atoms with Gasteiger partial charge in [-0.05, 0) is 72.1 Å². The number of carbonyl (C=O) groups excluding carboxylic acids is 1. The van der Waals surface area contributed by atoms with Crippen LogP contribution in [0.5, 0.6) is 17.2 Å². The Kier molecular flexibility index (Phi) is 8.33. The van der Waals surface area contributed by atoms with Crippen molar-refractivity contribution < 1.29 is 23.5 Å². The lowest BCUT2D eigenvalue weighted by atomic mass is 10.1. The minimum atomic E-state index is -0.602. The molecule has 3 aromatic rings. The van der Waals surface area contributed by atoms with Crippen LogP contribution in [-0.2, 0) is 4.79 Å². The van der Waals surface area contributed by atoms with E-state index in [0.29, 0.717) is 40.5 Å². The van der Waals surface area contributed by atoms with Gasteiger partial charge in [-0.1, -0.05) is 22.9 Å². The van der Waals surface area contributed by atoms with Gasteiger partial charge in [0, 0.05) is 6.07 Å². The van der Waals surface area contributed by atoms with Crippen LogP contribution in [-0.4, -0.2) is 31.4 Å². The van der Waals surface area contributed by atoms with Gasteiger partial charge < -0.3 is 24.1 Å². The number of anilines is 1. The molecule has 1 N–H and O–H groups in total. The van der Waals surface area contributed by atoms with Crippen molar-refractivity contribution in [3.05, 3.63) is 68.9 Å². The summed E-state index contributed by atoms with van der Waals surface area (Å²) in [6.07, 6.45) is 1.45. The second-order valence-corrected chi connectivity index (χ2v) is 8.30. The topological polar surface area (TPSA) is 107 Å². The Morgan fingerprint density at radius 1 is 1.15 bits per heavy atom. The molecule has 0 aliphatic rings. The van der Waals surface area contributed by atoms with Crippen LogP contribution in [0.4, 0.5) is 5.82 Å². The number of amides is 1. The van der Waals surface area contributed by atoms with Crippen molar-refractivity contribution in [2.24, 2.45) is 0 Å². The number of aromatic nitrogens is 1. The van der Waals surface area contributed by atoms with Gasteiger partial charge in [0.15, 0.2) is 17.3 Å². The summed E-state index contributed by atoms with van der Waals surface area (Å²) in [5, 5.41) is 15.7. The van der Waals surface area contributed by atoms with Gasteiger partial charge in [-0.25, -0.2) is 0 Å². The average Bonchev–Trinajstić information content (AvgIpc) is 3.21. The summed E-state index contributed by atoms with van der Waals surface area (Å²) < 4.78 is 22.7. The van der Waals surface area contributed by atoms with Crippen LogP contribution in [0, 0.1) is 32.1 Å². The Morgan fingerprint density at radius 2 is 1.91 bits per heavy atom. The van der Waals surface area contributed by atoms with Gasteiger partial charge in [0.1, 0.15) is 36.4 Å². The van der Waals surface area contributed by atoms with E-state index in [1.165, 1.54) is 18.7 Å². The van der Waals surface area contributed by atoms with E-state index in [-0.39, 0.29) is 11.4 Å². The normalized spacial score (nSPS) is 11.0. The monoisotopic (exact) mass is 525 g/mol. The number of nitrogens with zero attached hydrogens (tertiary/aromatic N) is 2. The van der Waals surface area contributed by atoms with E-state index in [4.69, 9.17) is 18.7 Å². The van der Waals surface area contributed by atoms with E-state index >= 15 is 0 Å². The van der Waals surface area contributed by atoms with Crippen LogP contribution in [0.1, 0.15) is 22.5 Å². The highest BCUT2D eigenvalue weighted by molar-refractivity contribution is 9.10. The standard InChI is InChI=1S/C25H24BrN3O5/c1-15-5-6-21(16(2)9-15)32-7-8-33-24-20(26)12-18(13-22(24)31-4)11-19(14-27)25(30)28-23-10-17(3)34-29-23/h5-6,9-13H,7-8H2,1-4H3,(H,28,29,30). The summed E-state index contributed by atoms with van der Waals surface area (Å²) in [5.74, 6) is 1.91. The Bertz CT molecular complexity index is 1260. The first-order valence-corrected chi connectivity index (χ1v) is 11.2. The van der Waals surface area contributed by atoms with E-state index in [2.05, 4.69) is 32.5 Å². The van der Waals surface area contributed by atoms with Gasteiger partial charge >= 0.3 is 0 Å². The molecule has 0 fully saturated rings. The molecular weight excluding hydrogens is 502 g/mol. The maximum Gasteiger partial charge on any atom is 0.267 e. The predicted molar refractivity (Wildman–Crippen MR) is 131 cm³/mol. The minimum Gasteiger partial charge on any atom is -0.493 e. The van der Waals surface area contributed by atoms with E-state index in [9.17, 15) is 10.1 Å². The van der Waals surface area contributed by atoms with E-state index in [1.807, 2.05) is 32.0 Å². The van der Waals surface area contributed by atoms with Crippen LogP contribution in [0.3, 0.4) is 0 Å². The molecule has 0 saturated heterocycles. The summed E-state index contributed by atoms with van der Waals surface area (Å²) in [5.41, 5.74) is 2.70. The summed E-state index contributed by atoms with van der Waals surface area (Å²) in [6, 6.07) is 12.9.